The number of ether oxygens (including phenoxy) is 2. The van der Waals surface area contributed by atoms with Gasteiger partial charge in [-0.05, 0) is 13.3 Å². The third-order valence-corrected chi connectivity index (χ3v) is 3.45. The molecule has 1 aromatic heterocycles. The molecule has 108 valence electrons. The van der Waals surface area contributed by atoms with Crippen LogP contribution in [-0.4, -0.2) is 30.8 Å². The molecule has 4 nitrogen and oxygen atoms in total. The zero-order chi connectivity index (χ0) is 13.9. The first-order chi connectivity index (χ1) is 9.22. The Morgan fingerprint density at radius 2 is 2.11 bits per heavy atom. The van der Waals surface area contributed by atoms with Crippen molar-refractivity contribution in [1.29, 1.82) is 0 Å². The fourth-order valence-corrected chi connectivity index (χ4v) is 2.25. The van der Waals surface area contributed by atoms with Gasteiger partial charge in [-0.15, -0.1) is 11.3 Å². The molecule has 1 rings (SSSR count). The zero-order valence-corrected chi connectivity index (χ0v) is 12.6. The Labute approximate surface area is 119 Å². The van der Waals surface area contributed by atoms with E-state index in [1.54, 1.807) is 11.3 Å². The van der Waals surface area contributed by atoms with Gasteiger partial charge in [-0.2, -0.15) is 0 Å². The van der Waals surface area contributed by atoms with E-state index in [2.05, 4.69) is 11.9 Å². The smallest absolute Gasteiger partial charge is 0.311 e. The van der Waals surface area contributed by atoms with Crippen LogP contribution in [-0.2, 0) is 20.7 Å². The summed E-state index contributed by atoms with van der Waals surface area (Å²) in [7, 11) is 0. The van der Waals surface area contributed by atoms with Crippen molar-refractivity contribution in [2.75, 3.05) is 19.8 Å². The van der Waals surface area contributed by atoms with E-state index in [-0.39, 0.29) is 12.4 Å². The fourth-order valence-electron chi connectivity index (χ4n) is 1.64. The second-order valence-electron chi connectivity index (χ2n) is 4.43. The van der Waals surface area contributed by atoms with Crippen molar-refractivity contribution in [1.82, 2.24) is 4.98 Å². The average molecular weight is 285 g/mol. The molecular formula is C14H23NO3S. The molecule has 0 saturated carbocycles. The number of hydrogen-bond donors (Lipinski definition) is 0. The van der Waals surface area contributed by atoms with Crippen LogP contribution in [0.15, 0.2) is 5.38 Å². The minimum absolute atomic E-state index is 0.236. The normalized spacial score (nSPS) is 10.6. The van der Waals surface area contributed by atoms with E-state index in [1.165, 1.54) is 19.3 Å². The lowest BCUT2D eigenvalue weighted by Gasteiger charge is -2.05. The summed E-state index contributed by atoms with van der Waals surface area (Å²) < 4.78 is 10.5. The molecular weight excluding hydrogens is 262 g/mol. The summed E-state index contributed by atoms with van der Waals surface area (Å²) in [5.41, 5.74) is 0.785. The van der Waals surface area contributed by atoms with Crippen molar-refractivity contribution in [3.05, 3.63) is 16.1 Å². The molecule has 0 aliphatic heterocycles. The van der Waals surface area contributed by atoms with Gasteiger partial charge < -0.3 is 9.47 Å². The first kappa shape index (κ1) is 16.1. The summed E-state index contributed by atoms with van der Waals surface area (Å²) in [5, 5.41) is 2.86. The predicted octanol–water partition coefficient (Wildman–Crippen LogP) is 3.13. The van der Waals surface area contributed by atoms with Crippen LogP contribution in [0.5, 0.6) is 0 Å². The van der Waals surface area contributed by atoms with Crippen LogP contribution in [0, 0.1) is 6.92 Å². The largest absolute Gasteiger partial charge is 0.463 e. The number of aromatic nitrogens is 1. The van der Waals surface area contributed by atoms with Gasteiger partial charge in [-0.25, -0.2) is 4.98 Å². The van der Waals surface area contributed by atoms with Crippen molar-refractivity contribution >= 4 is 17.3 Å². The standard InChI is InChI=1S/C14H23NO3S/c1-3-4-5-6-7-17-8-9-18-14(16)10-13-11-19-12(2)15-13/h11H,3-10H2,1-2H3. The van der Waals surface area contributed by atoms with Crippen LogP contribution in [0.1, 0.15) is 43.3 Å². The minimum atomic E-state index is -0.236. The van der Waals surface area contributed by atoms with Crippen molar-refractivity contribution in [3.8, 4) is 0 Å². The topological polar surface area (TPSA) is 48.4 Å². The number of carbonyl (C=O) groups excluding carboxylic acids is 1. The van der Waals surface area contributed by atoms with Crippen LogP contribution in [0.2, 0.25) is 0 Å². The van der Waals surface area contributed by atoms with Gasteiger partial charge in [0.05, 0.1) is 23.7 Å². The van der Waals surface area contributed by atoms with E-state index in [0.29, 0.717) is 13.2 Å². The summed E-state index contributed by atoms with van der Waals surface area (Å²) >= 11 is 1.54. The molecule has 19 heavy (non-hydrogen) atoms. The molecule has 0 aliphatic rings. The van der Waals surface area contributed by atoms with Gasteiger partial charge in [0.2, 0.25) is 0 Å². The number of rotatable bonds is 10. The first-order valence-corrected chi connectivity index (χ1v) is 7.74. The van der Waals surface area contributed by atoms with Crippen LogP contribution in [0.25, 0.3) is 0 Å². The molecule has 1 aromatic rings. The number of aryl methyl sites for hydroxylation is 1. The van der Waals surface area contributed by atoms with Gasteiger partial charge in [0.25, 0.3) is 0 Å². The number of thiazole rings is 1. The van der Waals surface area contributed by atoms with Gasteiger partial charge >= 0.3 is 5.97 Å². The lowest BCUT2D eigenvalue weighted by Crippen LogP contribution is -2.13. The summed E-state index contributed by atoms with van der Waals surface area (Å²) in [6.07, 6.45) is 5.03. The van der Waals surface area contributed by atoms with Gasteiger partial charge in [-0.1, -0.05) is 26.2 Å². The molecule has 0 aliphatic carbocycles. The number of hydrogen-bond acceptors (Lipinski definition) is 5. The van der Waals surface area contributed by atoms with E-state index in [4.69, 9.17) is 9.47 Å². The quantitative estimate of drug-likeness (QED) is 0.489. The summed E-state index contributed by atoms with van der Waals surface area (Å²) in [4.78, 5) is 15.7. The van der Waals surface area contributed by atoms with Crippen molar-refractivity contribution < 1.29 is 14.3 Å². The maximum absolute atomic E-state index is 11.5. The molecule has 0 spiro atoms. The Morgan fingerprint density at radius 3 is 2.79 bits per heavy atom. The lowest BCUT2D eigenvalue weighted by molar-refractivity contribution is -0.144. The second-order valence-corrected chi connectivity index (χ2v) is 5.49. The van der Waals surface area contributed by atoms with Gasteiger partial charge in [0.15, 0.2) is 0 Å². The number of esters is 1. The maximum atomic E-state index is 11.5. The van der Waals surface area contributed by atoms with Crippen LogP contribution in [0.4, 0.5) is 0 Å². The Hall–Kier alpha value is -0.940. The fraction of sp³-hybridized carbons (Fsp3) is 0.714. The van der Waals surface area contributed by atoms with E-state index in [1.807, 2.05) is 12.3 Å². The Kier molecular flexibility index (Phi) is 8.41. The Morgan fingerprint density at radius 1 is 1.26 bits per heavy atom. The highest BCUT2D eigenvalue weighted by atomic mass is 32.1. The maximum Gasteiger partial charge on any atom is 0.311 e. The monoisotopic (exact) mass is 285 g/mol. The van der Waals surface area contributed by atoms with Crippen LogP contribution >= 0.6 is 11.3 Å². The minimum Gasteiger partial charge on any atom is -0.463 e. The SMILES string of the molecule is CCCCCCOCCOC(=O)Cc1csc(C)n1. The number of nitrogens with zero attached hydrogens (tertiary/aromatic N) is 1. The lowest BCUT2D eigenvalue weighted by atomic mass is 10.2. The number of carbonyl (C=O) groups is 1. The number of unbranched alkanes of at least 4 members (excludes halogenated alkanes) is 3. The molecule has 0 N–H and O–H groups in total. The molecule has 0 atom stereocenters. The highest BCUT2D eigenvalue weighted by molar-refractivity contribution is 7.09. The predicted molar refractivity (Wildman–Crippen MR) is 76.5 cm³/mol. The molecule has 0 bridgehead atoms. The summed E-state index contributed by atoms with van der Waals surface area (Å²) in [6, 6.07) is 0. The molecule has 1 heterocycles. The zero-order valence-electron chi connectivity index (χ0n) is 11.8. The third-order valence-electron chi connectivity index (χ3n) is 2.62. The van der Waals surface area contributed by atoms with Gasteiger partial charge in [0.1, 0.15) is 6.61 Å². The Bertz CT molecular complexity index is 365. The highest BCUT2D eigenvalue weighted by Crippen LogP contribution is 2.08. The summed E-state index contributed by atoms with van der Waals surface area (Å²) in [6.45, 7) is 5.67. The van der Waals surface area contributed by atoms with Crippen molar-refractivity contribution in [3.63, 3.8) is 0 Å². The van der Waals surface area contributed by atoms with Gasteiger partial charge in [0, 0.05) is 12.0 Å². The highest BCUT2D eigenvalue weighted by Gasteiger charge is 2.07. The van der Waals surface area contributed by atoms with E-state index < -0.39 is 0 Å². The molecule has 5 heteroatoms. The first-order valence-electron chi connectivity index (χ1n) is 6.86. The van der Waals surface area contributed by atoms with Crippen molar-refractivity contribution in [2.45, 2.75) is 46.0 Å². The van der Waals surface area contributed by atoms with Crippen LogP contribution in [0.3, 0.4) is 0 Å². The van der Waals surface area contributed by atoms with Crippen LogP contribution < -0.4 is 0 Å². The summed E-state index contributed by atoms with van der Waals surface area (Å²) in [5.74, 6) is -0.236. The average Bonchev–Trinajstić information content (AvgIpc) is 2.78. The van der Waals surface area contributed by atoms with Crippen molar-refractivity contribution in [2.24, 2.45) is 0 Å². The molecule has 0 fully saturated rings. The van der Waals surface area contributed by atoms with E-state index in [0.717, 1.165) is 23.7 Å². The van der Waals surface area contributed by atoms with Gasteiger partial charge in [-0.3, -0.25) is 4.79 Å². The molecule has 0 aromatic carbocycles. The third kappa shape index (κ3) is 7.95. The van der Waals surface area contributed by atoms with E-state index in [9.17, 15) is 4.79 Å². The second kappa shape index (κ2) is 9.92. The molecule has 0 radical (unpaired) electrons. The Balaban J connectivity index is 1.96. The van der Waals surface area contributed by atoms with E-state index >= 15 is 0 Å². The molecule has 0 saturated heterocycles. The molecule has 0 unspecified atom stereocenters. The molecule has 0 amide bonds.